The van der Waals surface area contributed by atoms with Crippen molar-refractivity contribution >= 4 is 11.9 Å². The maximum Gasteiger partial charge on any atom is 0.307 e. The normalized spacial score (nSPS) is 11.0. The van der Waals surface area contributed by atoms with Crippen molar-refractivity contribution in [2.75, 3.05) is 13.2 Å². The minimum absolute atomic E-state index is 0.00166. The topological polar surface area (TPSA) is 72.8 Å². The highest BCUT2D eigenvalue weighted by molar-refractivity contribution is 5.70. The summed E-state index contributed by atoms with van der Waals surface area (Å²) in [6.07, 6.45) is 1.83. The zero-order chi connectivity index (χ0) is 15.0. The Hall–Kier alpha value is -2.30. The van der Waals surface area contributed by atoms with E-state index >= 15 is 0 Å². The molecule has 5 nitrogen and oxygen atoms in total. The van der Waals surface area contributed by atoms with E-state index in [0.717, 1.165) is 11.1 Å². The van der Waals surface area contributed by atoms with Gasteiger partial charge in [0.25, 0.3) is 0 Å². The Balaban J connectivity index is 2.40. The highest BCUT2D eigenvalue weighted by atomic mass is 16.5. The maximum absolute atomic E-state index is 10.6. The number of hydrogen-bond acceptors (Lipinski definition) is 4. The highest BCUT2D eigenvalue weighted by Crippen LogP contribution is 2.12. The van der Waals surface area contributed by atoms with Crippen LogP contribution in [0.3, 0.4) is 0 Å². The molecule has 0 radical (unpaired) electrons. The van der Waals surface area contributed by atoms with Crippen LogP contribution in [0.5, 0.6) is 5.75 Å². The van der Waals surface area contributed by atoms with Crippen LogP contribution in [0.15, 0.2) is 35.9 Å². The molecule has 1 rings (SSSR count). The molecule has 0 fully saturated rings. The summed E-state index contributed by atoms with van der Waals surface area (Å²) in [6, 6.07) is 6.90. The number of rotatable bonds is 7. The van der Waals surface area contributed by atoms with Crippen molar-refractivity contribution in [3.8, 4) is 5.75 Å². The number of aliphatic carboxylic acids is 1. The molecule has 0 amide bonds. The number of carbonyl (C=O) groups excluding carboxylic acids is 1. The van der Waals surface area contributed by atoms with Crippen LogP contribution in [0.25, 0.3) is 0 Å². The number of hydrogen-bond donors (Lipinski definition) is 1. The molecular weight excluding hydrogens is 260 g/mol. The van der Waals surface area contributed by atoms with E-state index in [1.807, 2.05) is 13.0 Å². The third-order valence-electron chi connectivity index (χ3n) is 2.46. The largest absolute Gasteiger partial charge is 0.490 e. The van der Waals surface area contributed by atoms with E-state index in [-0.39, 0.29) is 19.0 Å². The van der Waals surface area contributed by atoms with E-state index in [1.165, 1.54) is 6.92 Å². The summed E-state index contributed by atoms with van der Waals surface area (Å²) in [7, 11) is 0. The predicted molar refractivity (Wildman–Crippen MR) is 73.7 cm³/mol. The highest BCUT2D eigenvalue weighted by Gasteiger charge is 2.00. The van der Waals surface area contributed by atoms with Gasteiger partial charge in [-0.25, -0.2) is 0 Å². The molecule has 0 unspecified atom stereocenters. The van der Waals surface area contributed by atoms with Crippen LogP contribution in [0, 0.1) is 0 Å². The lowest BCUT2D eigenvalue weighted by Crippen LogP contribution is -2.03. The quantitative estimate of drug-likeness (QED) is 0.611. The van der Waals surface area contributed by atoms with E-state index in [1.54, 1.807) is 24.3 Å². The van der Waals surface area contributed by atoms with Crippen molar-refractivity contribution in [2.45, 2.75) is 20.3 Å². The molecule has 0 aliphatic rings. The second kappa shape index (κ2) is 7.99. The monoisotopic (exact) mass is 278 g/mol. The zero-order valence-electron chi connectivity index (χ0n) is 11.6. The van der Waals surface area contributed by atoms with Gasteiger partial charge in [0.15, 0.2) is 0 Å². The van der Waals surface area contributed by atoms with Crippen LogP contribution in [-0.4, -0.2) is 30.3 Å². The van der Waals surface area contributed by atoms with Crippen molar-refractivity contribution in [1.82, 2.24) is 0 Å². The second-order valence-electron chi connectivity index (χ2n) is 4.36. The molecule has 0 bridgehead atoms. The first kappa shape index (κ1) is 15.8. The van der Waals surface area contributed by atoms with Crippen molar-refractivity contribution in [3.63, 3.8) is 0 Å². The molecule has 0 aliphatic carbocycles. The molecule has 1 aromatic carbocycles. The zero-order valence-corrected chi connectivity index (χ0v) is 11.6. The van der Waals surface area contributed by atoms with Crippen molar-refractivity contribution in [3.05, 3.63) is 41.5 Å². The number of esters is 1. The van der Waals surface area contributed by atoms with Crippen LogP contribution in [-0.2, 0) is 20.7 Å². The number of benzene rings is 1. The Morgan fingerprint density at radius 2 is 1.85 bits per heavy atom. The van der Waals surface area contributed by atoms with E-state index in [9.17, 15) is 9.59 Å². The molecular formula is C15H18O5. The third-order valence-corrected chi connectivity index (χ3v) is 2.46. The van der Waals surface area contributed by atoms with Gasteiger partial charge >= 0.3 is 11.9 Å². The summed E-state index contributed by atoms with van der Waals surface area (Å²) in [4.78, 5) is 21.2. The van der Waals surface area contributed by atoms with Crippen LogP contribution in [0.4, 0.5) is 0 Å². The standard InChI is InChI=1S/C15H18O5/c1-11(10-20-12(2)16)7-8-19-14-5-3-13(4-6-14)9-15(17)18/h3-7H,8-10H2,1-2H3,(H,17,18)/b11-7+. The molecule has 20 heavy (non-hydrogen) atoms. The average molecular weight is 278 g/mol. The van der Waals surface area contributed by atoms with Gasteiger partial charge in [-0.15, -0.1) is 0 Å². The molecule has 5 heteroatoms. The van der Waals surface area contributed by atoms with Gasteiger partial charge < -0.3 is 14.6 Å². The average Bonchev–Trinajstić information content (AvgIpc) is 2.38. The van der Waals surface area contributed by atoms with Gasteiger partial charge in [0, 0.05) is 6.92 Å². The first-order valence-corrected chi connectivity index (χ1v) is 6.20. The number of carboxylic acids is 1. The van der Waals surface area contributed by atoms with Gasteiger partial charge in [-0.05, 0) is 36.3 Å². The minimum atomic E-state index is -0.859. The Bertz CT molecular complexity index is 487. The fourth-order valence-electron chi connectivity index (χ4n) is 1.43. The lowest BCUT2D eigenvalue weighted by atomic mass is 10.1. The third kappa shape index (κ3) is 6.58. The predicted octanol–water partition coefficient (Wildman–Crippen LogP) is 2.20. The van der Waals surface area contributed by atoms with Crippen LogP contribution in [0.1, 0.15) is 19.4 Å². The SMILES string of the molecule is CC(=O)OC/C(C)=C/COc1ccc(CC(=O)O)cc1. The van der Waals surface area contributed by atoms with Gasteiger partial charge in [-0.1, -0.05) is 12.1 Å². The molecule has 0 saturated heterocycles. The Kier molecular flexibility index (Phi) is 6.29. The summed E-state index contributed by atoms with van der Waals surface area (Å²) in [5.41, 5.74) is 1.63. The van der Waals surface area contributed by atoms with Crippen molar-refractivity contribution < 1.29 is 24.2 Å². The van der Waals surface area contributed by atoms with E-state index in [4.69, 9.17) is 14.6 Å². The molecule has 0 saturated carbocycles. The fourth-order valence-corrected chi connectivity index (χ4v) is 1.43. The molecule has 0 atom stereocenters. The molecule has 0 heterocycles. The number of ether oxygens (including phenoxy) is 2. The first-order chi connectivity index (χ1) is 9.47. The van der Waals surface area contributed by atoms with Crippen LogP contribution < -0.4 is 4.74 Å². The van der Waals surface area contributed by atoms with Gasteiger partial charge in [-0.2, -0.15) is 0 Å². The van der Waals surface area contributed by atoms with Gasteiger partial charge in [-0.3, -0.25) is 9.59 Å². The molecule has 1 N–H and O–H groups in total. The second-order valence-corrected chi connectivity index (χ2v) is 4.36. The minimum Gasteiger partial charge on any atom is -0.490 e. The fraction of sp³-hybridized carbons (Fsp3) is 0.333. The van der Waals surface area contributed by atoms with E-state index in [2.05, 4.69) is 0 Å². The smallest absolute Gasteiger partial charge is 0.307 e. The lowest BCUT2D eigenvalue weighted by Gasteiger charge is -2.06. The summed E-state index contributed by atoms with van der Waals surface area (Å²) >= 11 is 0. The Morgan fingerprint density at radius 3 is 2.40 bits per heavy atom. The van der Waals surface area contributed by atoms with Crippen LogP contribution >= 0.6 is 0 Å². The Morgan fingerprint density at radius 1 is 1.20 bits per heavy atom. The van der Waals surface area contributed by atoms with E-state index < -0.39 is 5.97 Å². The van der Waals surface area contributed by atoms with Gasteiger partial charge in [0.2, 0.25) is 0 Å². The molecule has 0 aromatic heterocycles. The van der Waals surface area contributed by atoms with Crippen molar-refractivity contribution in [1.29, 1.82) is 0 Å². The first-order valence-electron chi connectivity index (χ1n) is 6.20. The number of carbonyl (C=O) groups is 2. The van der Waals surface area contributed by atoms with Crippen molar-refractivity contribution in [2.24, 2.45) is 0 Å². The maximum atomic E-state index is 10.6. The van der Waals surface area contributed by atoms with Gasteiger partial charge in [0.05, 0.1) is 6.42 Å². The number of carboxylic acid groups (broad SMARTS) is 1. The summed E-state index contributed by atoms with van der Waals surface area (Å²) < 4.78 is 10.3. The molecule has 0 aliphatic heterocycles. The van der Waals surface area contributed by atoms with Crippen LogP contribution in [0.2, 0.25) is 0 Å². The Labute approximate surface area is 117 Å². The van der Waals surface area contributed by atoms with Gasteiger partial charge in [0.1, 0.15) is 19.0 Å². The molecule has 1 aromatic rings. The van der Waals surface area contributed by atoms with E-state index in [0.29, 0.717) is 12.4 Å². The summed E-state index contributed by atoms with van der Waals surface area (Å²) in [6.45, 7) is 3.84. The molecule has 108 valence electrons. The summed E-state index contributed by atoms with van der Waals surface area (Å²) in [5, 5.41) is 8.65. The molecule has 0 spiro atoms. The summed E-state index contributed by atoms with van der Waals surface area (Å²) in [5.74, 6) is -0.508. The lowest BCUT2D eigenvalue weighted by molar-refractivity contribution is -0.140.